The van der Waals surface area contributed by atoms with Crippen molar-refractivity contribution in [3.63, 3.8) is 0 Å². The second kappa shape index (κ2) is 6.79. The van der Waals surface area contributed by atoms with Crippen LogP contribution in [0.25, 0.3) is 16.7 Å². The molecule has 3 heterocycles. The van der Waals surface area contributed by atoms with E-state index in [2.05, 4.69) is 16.6 Å². The number of fused-ring (bicyclic) bond motifs is 3. The Balaban J connectivity index is 1.91. The van der Waals surface area contributed by atoms with E-state index in [1.54, 1.807) is 21.4 Å². The zero-order chi connectivity index (χ0) is 18.3. The number of hydrogen-bond donors (Lipinski definition) is 1. The van der Waals surface area contributed by atoms with Gasteiger partial charge < -0.3 is 5.11 Å². The third kappa shape index (κ3) is 2.80. The van der Waals surface area contributed by atoms with Gasteiger partial charge in [0.15, 0.2) is 0 Å². The molecule has 0 amide bonds. The summed E-state index contributed by atoms with van der Waals surface area (Å²) in [6.45, 7) is 6.11. The molecule has 4 rings (SSSR count). The normalized spacial score (nSPS) is 18.6. The summed E-state index contributed by atoms with van der Waals surface area (Å²) >= 11 is 5.67. The van der Waals surface area contributed by atoms with Crippen molar-refractivity contribution >= 4 is 28.9 Å². The van der Waals surface area contributed by atoms with Crippen LogP contribution < -0.4 is 5.56 Å². The monoisotopic (exact) mass is 371 g/mol. The minimum Gasteiger partial charge on any atom is -0.392 e. The van der Waals surface area contributed by atoms with E-state index in [9.17, 15) is 9.90 Å². The Morgan fingerprint density at radius 3 is 2.96 bits per heavy atom. The van der Waals surface area contributed by atoms with Gasteiger partial charge in [0, 0.05) is 19.6 Å². The molecule has 3 aromatic rings. The Morgan fingerprint density at radius 2 is 2.19 bits per heavy atom. The van der Waals surface area contributed by atoms with Crippen LogP contribution in [0.4, 0.5) is 0 Å². The molecule has 2 aromatic heterocycles. The van der Waals surface area contributed by atoms with Gasteiger partial charge in [0.25, 0.3) is 5.56 Å². The first-order valence-corrected chi connectivity index (χ1v) is 9.13. The third-order valence-corrected chi connectivity index (χ3v) is 5.20. The number of para-hydroxylation sites is 1. The zero-order valence-corrected chi connectivity index (χ0v) is 15.2. The van der Waals surface area contributed by atoms with Gasteiger partial charge in [-0.1, -0.05) is 18.2 Å². The number of rotatable bonds is 4. The van der Waals surface area contributed by atoms with Gasteiger partial charge in [-0.05, 0) is 37.2 Å². The molecule has 136 valence electrons. The Bertz CT molecular complexity index is 1100. The first kappa shape index (κ1) is 17.1. The lowest BCUT2D eigenvalue weighted by molar-refractivity contribution is 0.0514. The van der Waals surface area contributed by atoms with Crippen LogP contribution >= 0.6 is 12.2 Å². The first-order chi connectivity index (χ1) is 12.6. The Hall–Kier alpha value is -2.29. The fourth-order valence-electron chi connectivity index (χ4n) is 3.60. The highest BCUT2D eigenvalue weighted by atomic mass is 32.1. The lowest BCUT2D eigenvalue weighted by Crippen LogP contribution is -2.39. The van der Waals surface area contributed by atoms with Crippen molar-refractivity contribution in [1.82, 2.24) is 23.6 Å². The molecule has 0 unspecified atom stereocenters. The molecule has 1 saturated heterocycles. The van der Waals surface area contributed by atoms with E-state index in [1.807, 2.05) is 22.6 Å². The number of allylic oxidation sites excluding steroid dienone is 1. The van der Waals surface area contributed by atoms with E-state index in [0.717, 1.165) is 24.9 Å². The van der Waals surface area contributed by atoms with Gasteiger partial charge in [-0.3, -0.25) is 18.7 Å². The predicted octanol–water partition coefficient (Wildman–Crippen LogP) is 1.78. The van der Waals surface area contributed by atoms with Crippen molar-refractivity contribution in [2.24, 2.45) is 0 Å². The van der Waals surface area contributed by atoms with E-state index < -0.39 is 0 Å². The fourth-order valence-corrected chi connectivity index (χ4v) is 3.88. The van der Waals surface area contributed by atoms with E-state index in [-0.39, 0.29) is 11.7 Å². The van der Waals surface area contributed by atoms with Crippen molar-refractivity contribution in [1.29, 1.82) is 0 Å². The average Bonchev–Trinajstić information content (AvgIpc) is 2.95. The molecule has 1 atom stereocenters. The van der Waals surface area contributed by atoms with E-state index in [4.69, 9.17) is 12.2 Å². The van der Waals surface area contributed by atoms with Gasteiger partial charge in [0.05, 0.1) is 23.7 Å². The Kier molecular flexibility index (Phi) is 4.47. The van der Waals surface area contributed by atoms with Gasteiger partial charge >= 0.3 is 0 Å². The van der Waals surface area contributed by atoms with Crippen molar-refractivity contribution in [3.05, 3.63) is 52.0 Å². The summed E-state index contributed by atoms with van der Waals surface area (Å²) in [6.07, 6.45) is 3.15. The zero-order valence-electron chi connectivity index (χ0n) is 14.4. The first-order valence-electron chi connectivity index (χ1n) is 8.72. The summed E-state index contributed by atoms with van der Waals surface area (Å²) in [5, 5.41) is 15.1. The molecular weight excluding hydrogens is 350 g/mol. The van der Waals surface area contributed by atoms with E-state index >= 15 is 0 Å². The molecule has 26 heavy (non-hydrogen) atoms. The second-order valence-electron chi connectivity index (χ2n) is 6.65. The quantitative estimate of drug-likeness (QED) is 0.559. The van der Waals surface area contributed by atoms with Crippen molar-refractivity contribution in [3.8, 4) is 0 Å². The van der Waals surface area contributed by atoms with Crippen LogP contribution in [0.15, 0.2) is 41.7 Å². The number of hydrogen-bond acceptors (Lipinski definition) is 5. The molecule has 7 nitrogen and oxygen atoms in total. The lowest BCUT2D eigenvalue weighted by atomic mass is 10.1. The largest absolute Gasteiger partial charge is 0.392 e. The van der Waals surface area contributed by atoms with Crippen molar-refractivity contribution in [2.75, 3.05) is 13.1 Å². The van der Waals surface area contributed by atoms with Crippen molar-refractivity contribution < 1.29 is 5.11 Å². The summed E-state index contributed by atoms with van der Waals surface area (Å²) < 4.78 is 5.70. The second-order valence-corrected chi connectivity index (χ2v) is 7.02. The van der Waals surface area contributed by atoms with E-state index in [0.29, 0.717) is 35.7 Å². The Morgan fingerprint density at radius 1 is 1.38 bits per heavy atom. The molecule has 0 bridgehead atoms. The maximum Gasteiger partial charge on any atom is 0.263 e. The molecule has 1 aliphatic rings. The SMILES string of the molecule is C=CCn1c(=O)c2ccccc2n2c(=S)n(CN3CCC[C@@H](O)C3)nc12. The maximum atomic E-state index is 12.9. The summed E-state index contributed by atoms with van der Waals surface area (Å²) in [5.74, 6) is 0.510. The molecule has 1 N–H and O–H groups in total. The fraction of sp³-hybridized carbons (Fsp3) is 0.389. The number of piperidine rings is 1. The van der Waals surface area contributed by atoms with E-state index in [1.165, 1.54) is 0 Å². The molecule has 0 radical (unpaired) electrons. The minimum absolute atomic E-state index is 0.103. The molecule has 8 heteroatoms. The summed E-state index contributed by atoms with van der Waals surface area (Å²) in [6, 6.07) is 7.42. The topological polar surface area (TPSA) is 67.7 Å². The van der Waals surface area contributed by atoms with Gasteiger partial charge in [-0.2, -0.15) is 0 Å². The number of benzene rings is 1. The molecule has 0 spiro atoms. The van der Waals surface area contributed by atoms with Gasteiger partial charge in [-0.15, -0.1) is 11.7 Å². The van der Waals surface area contributed by atoms with Gasteiger partial charge in [0.1, 0.15) is 0 Å². The van der Waals surface area contributed by atoms with Crippen molar-refractivity contribution in [2.45, 2.75) is 32.2 Å². The summed E-state index contributed by atoms with van der Waals surface area (Å²) in [4.78, 5) is 15.0. The molecule has 1 aliphatic heterocycles. The number of likely N-dealkylation sites (tertiary alicyclic amines) is 1. The molecule has 0 saturated carbocycles. The van der Waals surface area contributed by atoms with Gasteiger partial charge in [0.2, 0.25) is 10.5 Å². The highest BCUT2D eigenvalue weighted by Gasteiger charge is 2.20. The highest BCUT2D eigenvalue weighted by molar-refractivity contribution is 7.71. The average molecular weight is 371 g/mol. The molecule has 1 aromatic carbocycles. The number of nitrogens with zero attached hydrogens (tertiary/aromatic N) is 5. The van der Waals surface area contributed by atoms with Gasteiger partial charge in [-0.25, -0.2) is 4.68 Å². The molecular formula is C18H21N5O2S. The Labute approximate surface area is 155 Å². The predicted molar refractivity (Wildman–Crippen MR) is 103 cm³/mol. The summed E-state index contributed by atoms with van der Waals surface area (Å²) in [7, 11) is 0. The van der Waals surface area contributed by atoms with Crippen LogP contribution in [-0.2, 0) is 13.2 Å². The number of aliphatic hydroxyl groups excluding tert-OH is 1. The highest BCUT2D eigenvalue weighted by Crippen LogP contribution is 2.16. The standard InChI is InChI=1S/C18H21N5O2S/c1-2-9-21-16(25)14-7-3-4-8-15(14)23-17(21)19-22(18(23)26)12-20-10-5-6-13(24)11-20/h2-4,7-8,13,24H,1,5-6,9-12H2/t13-/m1/s1. The van der Waals surface area contributed by atoms with Crippen LogP contribution in [0.5, 0.6) is 0 Å². The van der Waals surface area contributed by atoms with Crippen LogP contribution in [0.3, 0.4) is 0 Å². The lowest BCUT2D eigenvalue weighted by Gasteiger charge is -2.29. The van der Waals surface area contributed by atoms with Crippen LogP contribution in [0, 0.1) is 4.77 Å². The number of aromatic nitrogens is 4. The third-order valence-electron chi connectivity index (χ3n) is 4.81. The van der Waals surface area contributed by atoms with Crippen LogP contribution in [0.1, 0.15) is 12.8 Å². The molecule has 1 fully saturated rings. The summed E-state index contributed by atoms with van der Waals surface area (Å²) in [5.41, 5.74) is 0.649. The smallest absolute Gasteiger partial charge is 0.263 e. The number of β-amino-alcohol motifs (C(OH)–C–C–N with tert-alkyl or cyclic N) is 1. The molecule has 0 aliphatic carbocycles. The van der Waals surface area contributed by atoms with Crippen LogP contribution in [0.2, 0.25) is 0 Å². The maximum absolute atomic E-state index is 12.9. The minimum atomic E-state index is -0.310. The van der Waals surface area contributed by atoms with Crippen LogP contribution in [-0.4, -0.2) is 47.9 Å². The number of aliphatic hydroxyl groups is 1.